The fourth-order valence-corrected chi connectivity index (χ4v) is 2.45. The van der Waals surface area contributed by atoms with E-state index in [0.717, 1.165) is 11.3 Å². The minimum Gasteiger partial charge on any atom is -0.497 e. The van der Waals surface area contributed by atoms with Gasteiger partial charge in [0.25, 0.3) is 5.91 Å². The molecule has 0 aliphatic carbocycles. The Hall–Kier alpha value is -3.22. The normalized spacial score (nSPS) is 10.0. The van der Waals surface area contributed by atoms with Crippen molar-refractivity contribution in [2.45, 2.75) is 6.42 Å². The monoisotopic (exact) mass is 372 g/mol. The van der Waals surface area contributed by atoms with E-state index < -0.39 is 0 Å². The molecule has 0 spiro atoms. The van der Waals surface area contributed by atoms with Crippen molar-refractivity contribution in [3.63, 3.8) is 0 Å². The summed E-state index contributed by atoms with van der Waals surface area (Å²) in [4.78, 5) is 24.1. The van der Waals surface area contributed by atoms with Crippen LogP contribution in [0.25, 0.3) is 0 Å². The van der Waals surface area contributed by atoms with Crippen molar-refractivity contribution in [3.8, 4) is 17.2 Å². The second-order valence-electron chi connectivity index (χ2n) is 5.70. The van der Waals surface area contributed by atoms with Gasteiger partial charge in [0.2, 0.25) is 5.91 Å². The molecule has 0 heterocycles. The Kier molecular flexibility index (Phi) is 7.49. The zero-order valence-electron chi connectivity index (χ0n) is 15.7. The minimum atomic E-state index is -0.250. The van der Waals surface area contributed by atoms with Gasteiger partial charge >= 0.3 is 0 Å². The summed E-state index contributed by atoms with van der Waals surface area (Å²) in [7, 11) is 4.64. The number of benzene rings is 2. The highest BCUT2D eigenvalue weighted by molar-refractivity contribution is 5.94. The number of amides is 2. The van der Waals surface area contributed by atoms with E-state index in [4.69, 9.17) is 14.2 Å². The first-order chi connectivity index (χ1) is 13.1. The van der Waals surface area contributed by atoms with E-state index in [-0.39, 0.29) is 18.2 Å². The van der Waals surface area contributed by atoms with Crippen LogP contribution >= 0.6 is 0 Å². The predicted molar refractivity (Wildman–Crippen MR) is 102 cm³/mol. The molecule has 0 saturated carbocycles. The molecule has 0 fully saturated rings. The predicted octanol–water partition coefficient (Wildman–Crippen LogP) is 1.80. The van der Waals surface area contributed by atoms with Crippen LogP contribution in [-0.2, 0) is 11.2 Å². The molecule has 0 unspecified atom stereocenters. The largest absolute Gasteiger partial charge is 0.497 e. The molecule has 2 aromatic rings. The maximum absolute atomic E-state index is 12.2. The molecular formula is C20H24N2O5. The first-order valence-electron chi connectivity index (χ1n) is 8.47. The molecule has 2 aromatic carbocycles. The zero-order valence-corrected chi connectivity index (χ0v) is 15.7. The average molecular weight is 372 g/mol. The van der Waals surface area contributed by atoms with Crippen molar-refractivity contribution in [3.05, 3.63) is 53.6 Å². The molecule has 0 radical (unpaired) electrons. The fraction of sp³-hybridized carbons (Fsp3) is 0.300. The highest BCUT2D eigenvalue weighted by Crippen LogP contribution is 2.27. The highest BCUT2D eigenvalue weighted by Gasteiger charge is 2.10. The van der Waals surface area contributed by atoms with E-state index in [2.05, 4.69) is 10.6 Å². The average Bonchev–Trinajstić information content (AvgIpc) is 2.71. The molecule has 2 rings (SSSR count). The molecule has 2 N–H and O–H groups in total. The first kappa shape index (κ1) is 20.1. The molecule has 0 saturated heterocycles. The Labute approximate surface area is 158 Å². The van der Waals surface area contributed by atoms with E-state index in [0.29, 0.717) is 30.2 Å². The van der Waals surface area contributed by atoms with Crippen LogP contribution in [0.5, 0.6) is 17.2 Å². The summed E-state index contributed by atoms with van der Waals surface area (Å²) in [6.07, 6.45) is 0.271. The van der Waals surface area contributed by atoms with Gasteiger partial charge in [-0.2, -0.15) is 0 Å². The minimum absolute atomic E-state index is 0.111. The number of hydrogen-bond donors (Lipinski definition) is 2. The summed E-state index contributed by atoms with van der Waals surface area (Å²) in [6.45, 7) is 0.662. The molecule has 27 heavy (non-hydrogen) atoms. The van der Waals surface area contributed by atoms with Crippen LogP contribution in [0.3, 0.4) is 0 Å². The Morgan fingerprint density at radius 3 is 2.11 bits per heavy atom. The molecule has 7 nitrogen and oxygen atoms in total. The molecule has 144 valence electrons. The summed E-state index contributed by atoms with van der Waals surface area (Å²) >= 11 is 0. The van der Waals surface area contributed by atoms with Crippen LogP contribution in [0.2, 0.25) is 0 Å². The molecule has 0 aromatic heterocycles. The lowest BCUT2D eigenvalue weighted by molar-refractivity contribution is -0.120. The number of rotatable bonds is 9. The summed E-state index contributed by atoms with van der Waals surface area (Å²) in [5, 5.41) is 5.53. The third-order valence-corrected chi connectivity index (χ3v) is 3.90. The first-order valence-corrected chi connectivity index (χ1v) is 8.47. The van der Waals surface area contributed by atoms with Gasteiger partial charge in [-0.05, 0) is 35.9 Å². The van der Waals surface area contributed by atoms with Gasteiger partial charge in [0, 0.05) is 18.7 Å². The van der Waals surface area contributed by atoms with Crippen LogP contribution in [0.4, 0.5) is 0 Å². The summed E-state index contributed by atoms with van der Waals surface area (Å²) in [6, 6.07) is 12.2. The van der Waals surface area contributed by atoms with Crippen molar-refractivity contribution < 1.29 is 23.8 Å². The maximum Gasteiger partial charge on any atom is 0.251 e. The van der Waals surface area contributed by atoms with Gasteiger partial charge in [-0.15, -0.1) is 0 Å². The third-order valence-electron chi connectivity index (χ3n) is 3.90. The Morgan fingerprint density at radius 2 is 1.48 bits per heavy atom. The summed E-state index contributed by atoms with van der Waals surface area (Å²) < 4.78 is 15.4. The topological polar surface area (TPSA) is 85.9 Å². The van der Waals surface area contributed by atoms with E-state index >= 15 is 0 Å². The second-order valence-corrected chi connectivity index (χ2v) is 5.70. The van der Waals surface area contributed by atoms with Gasteiger partial charge in [0.15, 0.2) is 11.5 Å². The molecule has 0 aliphatic rings. The lowest BCUT2D eigenvalue weighted by Crippen LogP contribution is -2.35. The zero-order chi connectivity index (χ0) is 19.6. The van der Waals surface area contributed by atoms with Crippen molar-refractivity contribution in [1.29, 1.82) is 0 Å². The number of nitrogens with one attached hydrogen (secondary N) is 2. The lowest BCUT2D eigenvalue weighted by Gasteiger charge is -2.10. The van der Waals surface area contributed by atoms with Gasteiger partial charge in [0.1, 0.15) is 5.75 Å². The van der Waals surface area contributed by atoms with Gasteiger partial charge in [-0.3, -0.25) is 9.59 Å². The Balaban J connectivity index is 1.75. The Bertz CT molecular complexity index is 774. The van der Waals surface area contributed by atoms with Gasteiger partial charge < -0.3 is 24.8 Å². The second kappa shape index (κ2) is 10.1. The molecule has 7 heteroatoms. The van der Waals surface area contributed by atoms with E-state index in [1.165, 1.54) is 14.2 Å². The summed E-state index contributed by atoms with van der Waals surface area (Å²) in [5.41, 5.74) is 1.35. The number of methoxy groups -OCH3 is 3. The fourth-order valence-electron chi connectivity index (χ4n) is 2.45. The van der Waals surface area contributed by atoms with Crippen LogP contribution in [0, 0.1) is 0 Å². The molecule has 0 aliphatic heterocycles. The van der Waals surface area contributed by atoms with Crippen molar-refractivity contribution >= 4 is 11.8 Å². The van der Waals surface area contributed by atoms with Crippen LogP contribution in [0.1, 0.15) is 15.9 Å². The van der Waals surface area contributed by atoms with E-state index in [1.807, 2.05) is 24.3 Å². The Morgan fingerprint density at radius 1 is 0.815 bits per heavy atom. The van der Waals surface area contributed by atoms with Gasteiger partial charge in [0.05, 0.1) is 27.8 Å². The lowest BCUT2D eigenvalue weighted by atomic mass is 10.1. The van der Waals surface area contributed by atoms with Gasteiger partial charge in [-0.25, -0.2) is 0 Å². The smallest absolute Gasteiger partial charge is 0.251 e. The van der Waals surface area contributed by atoms with E-state index in [9.17, 15) is 9.59 Å². The quantitative estimate of drug-likeness (QED) is 0.656. The molecule has 2 amide bonds. The van der Waals surface area contributed by atoms with Crippen LogP contribution < -0.4 is 24.8 Å². The highest BCUT2D eigenvalue weighted by atomic mass is 16.5. The molecular weight excluding hydrogens is 348 g/mol. The third kappa shape index (κ3) is 5.91. The summed E-state index contributed by atoms with van der Waals surface area (Å²) in [5.74, 6) is 1.43. The SMILES string of the molecule is COc1ccc(CC(=O)NCCNC(=O)c2ccc(OC)c(OC)c2)cc1. The maximum atomic E-state index is 12.2. The number of hydrogen-bond acceptors (Lipinski definition) is 5. The van der Waals surface area contributed by atoms with Crippen LogP contribution in [-0.4, -0.2) is 46.2 Å². The number of carbonyl (C=O) groups excluding carboxylic acids is 2. The van der Waals surface area contributed by atoms with Gasteiger partial charge in [-0.1, -0.05) is 12.1 Å². The van der Waals surface area contributed by atoms with Crippen molar-refractivity contribution in [2.75, 3.05) is 34.4 Å². The number of carbonyl (C=O) groups is 2. The standard InChI is InChI=1S/C20H24N2O5/c1-25-16-7-4-14(5-8-16)12-19(23)21-10-11-22-20(24)15-6-9-17(26-2)18(13-15)27-3/h4-9,13H,10-12H2,1-3H3,(H,21,23)(H,22,24). The van der Waals surface area contributed by atoms with Crippen molar-refractivity contribution in [2.24, 2.45) is 0 Å². The van der Waals surface area contributed by atoms with Crippen molar-refractivity contribution in [1.82, 2.24) is 10.6 Å². The van der Waals surface area contributed by atoms with Crippen LogP contribution in [0.15, 0.2) is 42.5 Å². The molecule has 0 atom stereocenters. The number of ether oxygens (including phenoxy) is 3. The van der Waals surface area contributed by atoms with E-state index in [1.54, 1.807) is 25.3 Å². The molecule has 0 bridgehead atoms.